The van der Waals surface area contributed by atoms with Gasteiger partial charge in [0, 0.05) is 31.7 Å². The van der Waals surface area contributed by atoms with E-state index in [1.165, 1.54) is 16.4 Å². The molecule has 0 aliphatic carbocycles. The van der Waals surface area contributed by atoms with E-state index in [2.05, 4.69) is 12.6 Å². The van der Waals surface area contributed by atoms with Crippen molar-refractivity contribution in [2.24, 2.45) is 0 Å². The van der Waals surface area contributed by atoms with Crippen LogP contribution in [0.1, 0.15) is 47.2 Å². The van der Waals surface area contributed by atoms with Gasteiger partial charge >= 0.3 is 0 Å². The zero-order valence-corrected chi connectivity index (χ0v) is 19.4. The molecule has 3 rings (SSSR count). The number of sulfonamides is 1. The number of rotatable bonds is 7. The lowest BCUT2D eigenvalue weighted by molar-refractivity contribution is 0.0762. The molecule has 2 aromatic carbocycles. The maximum atomic E-state index is 13.3. The van der Waals surface area contributed by atoms with Crippen LogP contribution in [0.15, 0.2) is 60.0 Å². The number of nitriles is 1. The Balaban J connectivity index is 1.89. The molecule has 1 aliphatic heterocycles. The van der Waals surface area contributed by atoms with Gasteiger partial charge in [-0.1, -0.05) is 42.7 Å². The molecule has 0 bridgehead atoms. The van der Waals surface area contributed by atoms with E-state index in [0.29, 0.717) is 25.2 Å². The largest absolute Gasteiger partial charge is 0.331 e. The Morgan fingerprint density at radius 3 is 2.38 bits per heavy atom. The fraction of sp³-hybridized carbons (Fsp3) is 0.333. The van der Waals surface area contributed by atoms with Crippen molar-refractivity contribution in [1.82, 2.24) is 9.21 Å². The van der Waals surface area contributed by atoms with Gasteiger partial charge in [0.15, 0.2) is 0 Å². The monoisotopic (exact) mass is 471 g/mol. The van der Waals surface area contributed by atoms with Crippen LogP contribution in [0.2, 0.25) is 5.02 Å². The summed E-state index contributed by atoms with van der Waals surface area (Å²) in [6, 6.07) is 13.4. The number of carbonyl (C=O) groups is 1. The van der Waals surface area contributed by atoms with Crippen molar-refractivity contribution in [3.05, 3.63) is 76.8 Å². The second kappa shape index (κ2) is 10.8. The van der Waals surface area contributed by atoms with Crippen molar-refractivity contribution in [3.8, 4) is 6.07 Å². The van der Waals surface area contributed by atoms with E-state index >= 15 is 0 Å². The van der Waals surface area contributed by atoms with Gasteiger partial charge in [0.2, 0.25) is 10.0 Å². The Hall–Kier alpha value is -2.66. The molecule has 32 heavy (non-hydrogen) atoms. The zero-order valence-electron chi connectivity index (χ0n) is 17.8. The van der Waals surface area contributed by atoms with Crippen LogP contribution in [-0.2, 0) is 16.6 Å². The third kappa shape index (κ3) is 5.57. The van der Waals surface area contributed by atoms with E-state index in [4.69, 9.17) is 16.9 Å². The number of carbonyl (C=O) groups excluding carboxylic acids is 1. The average molecular weight is 472 g/mol. The predicted molar refractivity (Wildman–Crippen MR) is 125 cm³/mol. The molecule has 1 heterocycles. The van der Waals surface area contributed by atoms with Gasteiger partial charge in [-0.3, -0.25) is 4.79 Å². The van der Waals surface area contributed by atoms with Crippen LogP contribution in [-0.4, -0.2) is 43.2 Å². The molecule has 6 nitrogen and oxygen atoms in total. The van der Waals surface area contributed by atoms with Crippen LogP contribution < -0.4 is 0 Å². The molecule has 168 valence electrons. The van der Waals surface area contributed by atoms with E-state index in [9.17, 15) is 13.2 Å². The molecule has 0 saturated carbocycles. The summed E-state index contributed by atoms with van der Waals surface area (Å²) in [5, 5.41) is 9.07. The van der Waals surface area contributed by atoms with Crippen LogP contribution in [0.25, 0.3) is 0 Å². The first kappa shape index (κ1) is 24.0. The fourth-order valence-corrected chi connectivity index (χ4v) is 5.74. The van der Waals surface area contributed by atoms with E-state index in [1.807, 2.05) is 0 Å². The lowest BCUT2D eigenvalue weighted by Gasteiger charge is -2.23. The number of hydrogen-bond donors (Lipinski definition) is 0. The summed E-state index contributed by atoms with van der Waals surface area (Å²) >= 11 is 6.27. The molecular weight excluding hydrogens is 446 g/mol. The quantitative estimate of drug-likeness (QED) is 0.552. The molecule has 0 N–H and O–H groups in total. The molecule has 0 unspecified atom stereocenters. The van der Waals surface area contributed by atoms with E-state index in [0.717, 1.165) is 31.2 Å². The van der Waals surface area contributed by atoms with Gasteiger partial charge in [-0.15, -0.1) is 6.58 Å². The maximum absolute atomic E-state index is 13.3. The van der Waals surface area contributed by atoms with E-state index in [1.54, 1.807) is 41.3 Å². The van der Waals surface area contributed by atoms with Gasteiger partial charge in [0.25, 0.3) is 5.91 Å². The van der Waals surface area contributed by atoms with E-state index < -0.39 is 10.0 Å². The summed E-state index contributed by atoms with van der Waals surface area (Å²) in [6.07, 6.45) is 5.25. The Bertz CT molecular complexity index is 1120. The summed E-state index contributed by atoms with van der Waals surface area (Å²) in [7, 11) is -3.80. The second-order valence-electron chi connectivity index (χ2n) is 7.75. The van der Waals surface area contributed by atoms with Crippen molar-refractivity contribution >= 4 is 27.5 Å². The minimum atomic E-state index is -3.80. The summed E-state index contributed by atoms with van der Waals surface area (Å²) in [5.41, 5.74) is 1.64. The highest BCUT2D eigenvalue weighted by molar-refractivity contribution is 7.89. The lowest BCUT2D eigenvalue weighted by Crippen LogP contribution is -2.33. The minimum absolute atomic E-state index is 0.0381. The average Bonchev–Trinajstić information content (AvgIpc) is 3.09. The summed E-state index contributed by atoms with van der Waals surface area (Å²) in [4.78, 5) is 14.8. The predicted octanol–water partition coefficient (Wildman–Crippen LogP) is 4.60. The molecule has 2 aromatic rings. The van der Waals surface area contributed by atoms with Crippen molar-refractivity contribution in [2.45, 2.75) is 37.1 Å². The standard InChI is InChI=1S/C24H26ClN3O3S/c1-2-13-27(18-20-9-7-19(17-26)8-10-20)24(29)21-11-12-22(25)23(16-21)32(30,31)28-14-5-3-4-6-15-28/h2,7-12,16H,1,3-6,13-15,18H2. The van der Waals surface area contributed by atoms with Gasteiger partial charge in [0.1, 0.15) is 4.90 Å². The van der Waals surface area contributed by atoms with Crippen LogP contribution in [0, 0.1) is 11.3 Å². The van der Waals surface area contributed by atoms with Gasteiger partial charge < -0.3 is 4.90 Å². The topological polar surface area (TPSA) is 81.5 Å². The molecule has 0 radical (unpaired) electrons. The normalized spacial score (nSPS) is 14.9. The summed E-state index contributed by atoms with van der Waals surface area (Å²) in [5.74, 6) is -0.321. The fourth-order valence-electron chi connectivity index (χ4n) is 3.72. The second-order valence-corrected chi connectivity index (χ2v) is 10.1. The van der Waals surface area contributed by atoms with Gasteiger partial charge in [0.05, 0.1) is 16.7 Å². The molecule has 0 spiro atoms. The number of nitrogens with zero attached hydrogens (tertiary/aromatic N) is 3. The van der Waals surface area contributed by atoms with Crippen molar-refractivity contribution in [3.63, 3.8) is 0 Å². The third-order valence-corrected chi connectivity index (χ3v) is 7.83. The first-order chi connectivity index (χ1) is 15.4. The smallest absolute Gasteiger partial charge is 0.254 e. The maximum Gasteiger partial charge on any atom is 0.254 e. The van der Waals surface area contributed by atoms with Gasteiger partial charge in [-0.05, 0) is 48.7 Å². The highest BCUT2D eigenvalue weighted by Gasteiger charge is 2.28. The Labute approximate surface area is 194 Å². The molecule has 1 aliphatic rings. The van der Waals surface area contributed by atoms with Crippen LogP contribution >= 0.6 is 11.6 Å². The minimum Gasteiger partial charge on any atom is -0.331 e. The van der Waals surface area contributed by atoms with Crippen LogP contribution in [0.5, 0.6) is 0 Å². The SMILES string of the molecule is C=CCN(Cc1ccc(C#N)cc1)C(=O)c1ccc(Cl)c(S(=O)(=O)N2CCCCCC2)c1. The molecule has 1 fully saturated rings. The molecule has 1 amide bonds. The first-order valence-corrected chi connectivity index (χ1v) is 12.4. The first-order valence-electron chi connectivity index (χ1n) is 10.6. The van der Waals surface area contributed by atoms with Crippen molar-refractivity contribution < 1.29 is 13.2 Å². The Morgan fingerprint density at radius 1 is 1.12 bits per heavy atom. The number of benzene rings is 2. The zero-order chi connectivity index (χ0) is 23.1. The lowest BCUT2D eigenvalue weighted by atomic mass is 10.1. The highest BCUT2D eigenvalue weighted by Crippen LogP contribution is 2.28. The molecular formula is C24H26ClN3O3S. The summed E-state index contributed by atoms with van der Waals surface area (Å²) in [6.45, 7) is 5.23. The Kier molecular flexibility index (Phi) is 8.08. The number of halogens is 1. The van der Waals surface area contributed by atoms with Crippen LogP contribution in [0.4, 0.5) is 0 Å². The van der Waals surface area contributed by atoms with Crippen molar-refractivity contribution in [1.29, 1.82) is 5.26 Å². The molecule has 8 heteroatoms. The third-order valence-electron chi connectivity index (χ3n) is 5.45. The molecule has 1 saturated heterocycles. The van der Waals surface area contributed by atoms with Gasteiger partial charge in [-0.25, -0.2) is 8.42 Å². The van der Waals surface area contributed by atoms with Crippen LogP contribution in [0.3, 0.4) is 0 Å². The number of hydrogen-bond acceptors (Lipinski definition) is 4. The summed E-state index contributed by atoms with van der Waals surface area (Å²) < 4.78 is 28.0. The van der Waals surface area contributed by atoms with Crippen molar-refractivity contribution in [2.75, 3.05) is 19.6 Å². The van der Waals surface area contributed by atoms with E-state index in [-0.39, 0.29) is 27.9 Å². The van der Waals surface area contributed by atoms with Gasteiger partial charge in [-0.2, -0.15) is 9.57 Å². The molecule has 0 aromatic heterocycles. The highest BCUT2D eigenvalue weighted by atomic mass is 35.5. The molecule has 0 atom stereocenters. The Morgan fingerprint density at radius 2 is 1.78 bits per heavy atom. The number of amides is 1.